The van der Waals surface area contributed by atoms with Gasteiger partial charge in [-0.25, -0.2) is 0 Å². The number of aliphatic hydroxyl groups is 1. The van der Waals surface area contributed by atoms with Crippen molar-refractivity contribution in [2.75, 3.05) is 13.7 Å². The van der Waals surface area contributed by atoms with Gasteiger partial charge in [0.2, 0.25) is 0 Å². The lowest BCUT2D eigenvalue weighted by atomic mass is 9.95. The van der Waals surface area contributed by atoms with Gasteiger partial charge >= 0.3 is 0 Å². The summed E-state index contributed by atoms with van der Waals surface area (Å²) in [7, 11) is 1.61. The van der Waals surface area contributed by atoms with Crippen LogP contribution in [0.1, 0.15) is 17.0 Å². The maximum atomic E-state index is 9.03. The fraction of sp³-hybridized carbons (Fsp3) is 0.250. The second-order valence-electron chi connectivity index (χ2n) is 3.05. The third-order valence-electron chi connectivity index (χ3n) is 2.18. The van der Waals surface area contributed by atoms with Crippen molar-refractivity contribution in [3.05, 3.63) is 42.8 Å². The van der Waals surface area contributed by atoms with Gasteiger partial charge in [0, 0.05) is 18.1 Å². The summed E-state index contributed by atoms with van der Waals surface area (Å²) >= 11 is 0. The average Bonchev–Trinajstić information content (AvgIpc) is 2.26. The Hall–Kier alpha value is -1.28. The van der Waals surface area contributed by atoms with E-state index in [1.807, 2.05) is 18.2 Å². The van der Waals surface area contributed by atoms with Gasteiger partial charge in [-0.1, -0.05) is 24.8 Å². The van der Waals surface area contributed by atoms with E-state index in [1.54, 1.807) is 13.2 Å². The van der Waals surface area contributed by atoms with Crippen molar-refractivity contribution in [2.45, 2.75) is 5.92 Å². The molecule has 1 aromatic rings. The second kappa shape index (κ2) is 4.82. The molecule has 0 fully saturated rings. The van der Waals surface area contributed by atoms with Gasteiger partial charge < -0.3 is 9.84 Å². The average molecular weight is 191 g/mol. The highest BCUT2D eigenvalue weighted by Crippen LogP contribution is 2.28. The van der Waals surface area contributed by atoms with Crippen LogP contribution in [0.2, 0.25) is 0 Å². The Morgan fingerprint density at radius 3 is 2.79 bits per heavy atom. The standard InChI is InChI=1S/C12H15O2/c1-4-10-11(9(2)8-13)6-5-7-12(10)14-3/h4-7,9,13H,1-2,8H2,3H3. The van der Waals surface area contributed by atoms with Gasteiger partial charge in [-0.05, 0) is 18.6 Å². The summed E-state index contributed by atoms with van der Waals surface area (Å²) < 4.78 is 5.19. The zero-order valence-electron chi connectivity index (χ0n) is 8.36. The summed E-state index contributed by atoms with van der Waals surface area (Å²) in [5.74, 6) is 0.623. The molecule has 1 atom stereocenters. The molecule has 0 aliphatic heterocycles. The van der Waals surface area contributed by atoms with Crippen molar-refractivity contribution >= 4 is 6.08 Å². The number of ether oxygens (including phenoxy) is 1. The minimum atomic E-state index is -0.141. The minimum Gasteiger partial charge on any atom is -0.496 e. The minimum absolute atomic E-state index is 0.0218. The third kappa shape index (κ3) is 1.96. The van der Waals surface area contributed by atoms with Crippen molar-refractivity contribution in [1.29, 1.82) is 0 Å². The SMILES string of the molecule is [CH2]C(CO)c1cccc(OC)c1C=C. The normalized spacial score (nSPS) is 12.2. The Labute approximate surface area is 84.8 Å². The maximum absolute atomic E-state index is 9.03. The highest BCUT2D eigenvalue weighted by Gasteiger charge is 2.11. The molecule has 1 aromatic carbocycles. The fourth-order valence-electron chi connectivity index (χ4n) is 1.41. The first kappa shape index (κ1) is 10.8. The van der Waals surface area contributed by atoms with Crippen molar-refractivity contribution in [3.63, 3.8) is 0 Å². The third-order valence-corrected chi connectivity index (χ3v) is 2.18. The molecule has 0 spiro atoms. The number of rotatable bonds is 4. The van der Waals surface area contributed by atoms with Crippen LogP contribution in [0.3, 0.4) is 0 Å². The van der Waals surface area contributed by atoms with Gasteiger partial charge in [0.05, 0.1) is 7.11 Å². The lowest BCUT2D eigenvalue weighted by molar-refractivity contribution is 0.282. The second-order valence-corrected chi connectivity index (χ2v) is 3.05. The Morgan fingerprint density at radius 2 is 2.29 bits per heavy atom. The molecule has 1 rings (SSSR count). The van der Waals surface area contributed by atoms with E-state index < -0.39 is 0 Å². The lowest BCUT2D eigenvalue weighted by Crippen LogP contribution is -2.02. The van der Waals surface area contributed by atoms with Crippen LogP contribution in [-0.2, 0) is 0 Å². The van der Waals surface area contributed by atoms with Crippen LogP contribution in [0.15, 0.2) is 24.8 Å². The number of benzene rings is 1. The van der Waals surface area contributed by atoms with E-state index in [4.69, 9.17) is 9.84 Å². The molecule has 0 aromatic heterocycles. The zero-order chi connectivity index (χ0) is 10.6. The zero-order valence-corrected chi connectivity index (χ0v) is 8.36. The van der Waals surface area contributed by atoms with E-state index >= 15 is 0 Å². The molecule has 0 bridgehead atoms. The molecule has 0 aliphatic rings. The van der Waals surface area contributed by atoms with Crippen LogP contribution in [0, 0.1) is 6.92 Å². The summed E-state index contributed by atoms with van der Waals surface area (Å²) in [4.78, 5) is 0. The van der Waals surface area contributed by atoms with Gasteiger partial charge in [-0.3, -0.25) is 0 Å². The monoisotopic (exact) mass is 191 g/mol. The Kier molecular flexibility index (Phi) is 3.72. The van der Waals surface area contributed by atoms with Gasteiger partial charge in [-0.15, -0.1) is 0 Å². The molecule has 0 saturated heterocycles. The molecular formula is C12H15O2. The van der Waals surface area contributed by atoms with Crippen molar-refractivity contribution in [3.8, 4) is 5.75 Å². The maximum Gasteiger partial charge on any atom is 0.126 e. The first-order valence-electron chi connectivity index (χ1n) is 4.47. The van der Waals surface area contributed by atoms with E-state index in [9.17, 15) is 0 Å². The van der Waals surface area contributed by atoms with E-state index in [1.165, 1.54) is 0 Å². The first-order chi connectivity index (χ1) is 6.74. The molecule has 2 heteroatoms. The molecule has 0 aliphatic carbocycles. The predicted octanol–water partition coefficient (Wildman–Crippen LogP) is 2.25. The topological polar surface area (TPSA) is 29.5 Å². The summed E-state index contributed by atoms with van der Waals surface area (Å²) in [6, 6.07) is 5.67. The number of aliphatic hydroxyl groups excluding tert-OH is 1. The number of hydrogen-bond donors (Lipinski definition) is 1. The van der Waals surface area contributed by atoms with E-state index in [-0.39, 0.29) is 12.5 Å². The van der Waals surface area contributed by atoms with Gasteiger partial charge in [0.1, 0.15) is 5.75 Å². The first-order valence-corrected chi connectivity index (χ1v) is 4.47. The lowest BCUT2D eigenvalue weighted by Gasteiger charge is -2.14. The summed E-state index contributed by atoms with van der Waals surface area (Å²) in [6.07, 6.45) is 1.72. The molecule has 1 unspecified atom stereocenters. The molecule has 14 heavy (non-hydrogen) atoms. The highest BCUT2D eigenvalue weighted by molar-refractivity contribution is 5.61. The molecule has 0 heterocycles. The van der Waals surface area contributed by atoms with Crippen molar-refractivity contribution < 1.29 is 9.84 Å². The Balaban J connectivity index is 3.21. The highest BCUT2D eigenvalue weighted by atomic mass is 16.5. The van der Waals surface area contributed by atoms with Gasteiger partial charge in [-0.2, -0.15) is 0 Å². The largest absolute Gasteiger partial charge is 0.496 e. The molecule has 0 amide bonds. The van der Waals surface area contributed by atoms with Crippen molar-refractivity contribution in [1.82, 2.24) is 0 Å². The van der Waals surface area contributed by atoms with Crippen molar-refractivity contribution in [2.24, 2.45) is 0 Å². The molecule has 1 N–H and O–H groups in total. The van der Waals surface area contributed by atoms with E-state index in [0.29, 0.717) is 0 Å². The smallest absolute Gasteiger partial charge is 0.126 e. The van der Waals surface area contributed by atoms with E-state index in [2.05, 4.69) is 13.5 Å². The van der Waals surface area contributed by atoms with Gasteiger partial charge in [0.25, 0.3) is 0 Å². The molecule has 2 nitrogen and oxygen atoms in total. The summed E-state index contributed by atoms with van der Waals surface area (Å²) in [6.45, 7) is 7.61. The van der Waals surface area contributed by atoms with Crippen LogP contribution in [0.5, 0.6) is 5.75 Å². The van der Waals surface area contributed by atoms with Crippen LogP contribution < -0.4 is 4.74 Å². The number of methoxy groups -OCH3 is 1. The molecule has 75 valence electrons. The molecular weight excluding hydrogens is 176 g/mol. The fourth-order valence-corrected chi connectivity index (χ4v) is 1.41. The predicted molar refractivity (Wildman–Crippen MR) is 58.3 cm³/mol. The quantitative estimate of drug-likeness (QED) is 0.791. The molecule has 1 radical (unpaired) electrons. The molecule has 0 saturated carbocycles. The van der Waals surface area contributed by atoms with Crippen LogP contribution in [-0.4, -0.2) is 18.8 Å². The Bertz CT molecular complexity index is 318. The van der Waals surface area contributed by atoms with Crippen LogP contribution >= 0.6 is 0 Å². The van der Waals surface area contributed by atoms with Crippen LogP contribution in [0.25, 0.3) is 6.08 Å². The Morgan fingerprint density at radius 1 is 1.57 bits per heavy atom. The van der Waals surface area contributed by atoms with Gasteiger partial charge in [0.15, 0.2) is 0 Å². The van der Waals surface area contributed by atoms with E-state index in [0.717, 1.165) is 16.9 Å². The van der Waals surface area contributed by atoms with Crippen LogP contribution in [0.4, 0.5) is 0 Å². The summed E-state index contributed by atoms with van der Waals surface area (Å²) in [5, 5.41) is 9.03. The number of hydrogen-bond acceptors (Lipinski definition) is 2. The summed E-state index contributed by atoms with van der Waals surface area (Å²) in [5.41, 5.74) is 1.87.